The molecule has 0 saturated carbocycles. The summed E-state index contributed by atoms with van der Waals surface area (Å²) < 4.78 is 2.03. The molecule has 0 spiro atoms. The lowest BCUT2D eigenvalue weighted by Crippen LogP contribution is -2.32. The van der Waals surface area contributed by atoms with Crippen molar-refractivity contribution in [3.8, 4) is 0 Å². The summed E-state index contributed by atoms with van der Waals surface area (Å²) in [5.74, 6) is 0.377. The minimum absolute atomic E-state index is 0.278. The predicted octanol–water partition coefficient (Wildman–Crippen LogP) is 2.94. The van der Waals surface area contributed by atoms with Gasteiger partial charge in [0.25, 0.3) is 0 Å². The van der Waals surface area contributed by atoms with Crippen LogP contribution in [0, 0.1) is 5.92 Å². The van der Waals surface area contributed by atoms with E-state index in [0.29, 0.717) is 19.0 Å². The zero-order valence-electron chi connectivity index (χ0n) is 13.3. The van der Waals surface area contributed by atoms with Gasteiger partial charge < -0.3 is 10.4 Å². The fourth-order valence-electron chi connectivity index (χ4n) is 2.91. The summed E-state index contributed by atoms with van der Waals surface area (Å²) in [6, 6.07) is 8.31. The Morgan fingerprint density at radius 3 is 2.57 bits per heavy atom. The van der Waals surface area contributed by atoms with Gasteiger partial charge in [0.05, 0.1) is 17.3 Å². The van der Waals surface area contributed by atoms with Gasteiger partial charge in [-0.25, -0.2) is 0 Å². The molecule has 0 fully saturated rings. The van der Waals surface area contributed by atoms with Crippen LogP contribution in [0.4, 0.5) is 0 Å². The summed E-state index contributed by atoms with van der Waals surface area (Å²) in [4.78, 5) is 0. The monoisotopic (exact) mass is 289 g/mol. The molecule has 0 aliphatic heterocycles. The Bertz CT molecular complexity index is 560. The maximum Gasteiger partial charge on any atom is 0.0841 e. The van der Waals surface area contributed by atoms with Gasteiger partial charge in [-0.2, -0.15) is 5.10 Å². The molecule has 2 rings (SSSR count). The smallest absolute Gasteiger partial charge is 0.0841 e. The molecule has 0 bridgehead atoms. The Balaban J connectivity index is 2.01. The number of hydrogen-bond acceptors (Lipinski definition) is 3. The normalized spacial score (nSPS) is 13.2. The SMILES string of the molecule is CCC(CC)C(O)CNCc1nn(CC)c2ccccc12. The maximum absolute atomic E-state index is 10.2. The van der Waals surface area contributed by atoms with Crippen molar-refractivity contribution >= 4 is 10.9 Å². The third-order valence-electron chi connectivity index (χ3n) is 4.27. The average Bonchev–Trinajstić information content (AvgIpc) is 2.87. The molecule has 21 heavy (non-hydrogen) atoms. The van der Waals surface area contributed by atoms with Crippen molar-refractivity contribution in [1.82, 2.24) is 15.1 Å². The number of nitrogens with zero attached hydrogens (tertiary/aromatic N) is 2. The number of aryl methyl sites for hydroxylation is 1. The average molecular weight is 289 g/mol. The third-order valence-corrected chi connectivity index (χ3v) is 4.27. The molecule has 116 valence electrons. The van der Waals surface area contributed by atoms with Gasteiger partial charge in [-0.15, -0.1) is 0 Å². The highest BCUT2D eigenvalue weighted by molar-refractivity contribution is 5.81. The molecular weight excluding hydrogens is 262 g/mol. The van der Waals surface area contributed by atoms with Gasteiger partial charge >= 0.3 is 0 Å². The quantitative estimate of drug-likeness (QED) is 0.785. The number of hydrogen-bond donors (Lipinski definition) is 2. The summed E-state index contributed by atoms with van der Waals surface area (Å²) in [5, 5.41) is 19.4. The molecule has 0 saturated heterocycles. The van der Waals surface area contributed by atoms with Crippen molar-refractivity contribution in [3.05, 3.63) is 30.0 Å². The van der Waals surface area contributed by atoms with Crippen molar-refractivity contribution in [1.29, 1.82) is 0 Å². The van der Waals surface area contributed by atoms with Crippen molar-refractivity contribution in [3.63, 3.8) is 0 Å². The lowest BCUT2D eigenvalue weighted by atomic mass is 9.96. The van der Waals surface area contributed by atoms with Crippen molar-refractivity contribution in [2.75, 3.05) is 6.54 Å². The minimum Gasteiger partial charge on any atom is -0.392 e. The molecular formula is C17H27N3O. The Morgan fingerprint density at radius 2 is 1.90 bits per heavy atom. The zero-order valence-corrected chi connectivity index (χ0v) is 13.3. The number of benzene rings is 1. The van der Waals surface area contributed by atoms with Crippen LogP contribution in [-0.2, 0) is 13.1 Å². The van der Waals surface area contributed by atoms with Gasteiger partial charge in [-0.3, -0.25) is 4.68 Å². The molecule has 0 radical (unpaired) electrons. The summed E-state index contributed by atoms with van der Waals surface area (Å²) in [5.41, 5.74) is 2.24. The Hall–Kier alpha value is -1.39. The molecule has 4 heteroatoms. The number of nitrogens with one attached hydrogen (secondary N) is 1. The van der Waals surface area contributed by atoms with Crippen LogP contribution >= 0.6 is 0 Å². The molecule has 0 amide bonds. The van der Waals surface area contributed by atoms with E-state index in [1.807, 2.05) is 16.8 Å². The Labute approximate surface area is 127 Å². The second kappa shape index (κ2) is 7.57. The van der Waals surface area contributed by atoms with Gasteiger partial charge in [0.2, 0.25) is 0 Å². The summed E-state index contributed by atoms with van der Waals surface area (Å²) in [7, 11) is 0. The highest BCUT2D eigenvalue weighted by atomic mass is 16.3. The molecule has 4 nitrogen and oxygen atoms in total. The zero-order chi connectivity index (χ0) is 15.2. The third kappa shape index (κ3) is 3.63. The van der Waals surface area contributed by atoms with Gasteiger partial charge in [0, 0.05) is 25.0 Å². The van der Waals surface area contributed by atoms with Gasteiger partial charge in [0.15, 0.2) is 0 Å². The molecule has 1 aromatic heterocycles. The molecule has 1 heterocycles. The van der Waals surface area contributed by atoms with E-state index in [1.54, 1.807) is 0 Å². The highest BCUT2D eigenvalue weighted by Gasteiger charge is 2.15. The van der Waals surface area contributed by atoms with E-state index < -0.39 is 0 Å². The van der Waals surface area contributed by atoms with Gasteiger partial charge in [-0.05, 0) is 18.9 Å². The number of rotatable bonds is 8. The van der Waals surface area contributed by atoms with Crippen LogP contribution in [0.2, 0.25) is 0 Å². The highest BCUT2D eigenvalue weighted by Crippen LogP contribution is 2.18. The van der Waals surface area contributed by atoms with Crippen LogP contribution in [0.1, 0.15) is 39.3 Å². The summed E-state index contributed by atoms with van der Waals surface area (Å²) >= 11 is 0. The molecule has 1 aromatic carbocycles. The molecule has 0 aliphatic carbocycles. The minimum atomic E-state index is -0.278. The predicted molar refractivity (Wildman–Crippen MR) is 87.2 cm³/mol. The maximum atomic E-state index is 10.2. The molecule has 2 N–H and O–H groups in total. The molecule has 1 atom stereocenters. The van der Waals surface area contributed by atoms with E-state index in [0.717, 1.165) is 25.1 Å². The van der Waals surface area contributed by atoms with Crippen LogP contribution < -0.4 is 5.32 Å². The van der Waals surface area contributed by atoms with E-state index in [-0.39, 0.29) is 6.10 Å². The number of fused-ring (bicyclic) bond motifs is 1. The Kier molecular flexibility index (Phi) is 5.76. The first-order valence-electron chi connectivity index (χ1n) is 8.04. The number of aliphatic hydroxyl groups excluding tert-OH is 1. The topological polar surface area (TPSA) is 50.1 Å². The lowest BCUT2D eigenvalue weighted by molar-refractivity contribution is 0.101. The van der Waals surface area contributed by atoms with E-state index in [9.17, 15) is 5.11 Å². The fourth-order valence-corrected chi connectivity index (χ4v) is 2.91. The summed E-state index contributed by atoms with van der Waals surface area (Å²) in [6.45, 7) is 8.57. The van der Waals surface area contributed by atoms with Gasteiger partial charge in [-0.1, -0.05) is 44.9 Å². The van der Waals surface area contributed by atoms with E-state index in [1.165, 1.54) is 10.9 Å². The van der Waals surface area contributed by atoms with Crippen molar-refractivity contribution < 1.29 is 5.11 Å². The first kappa shape index (κ1) is 16.0. The molecule has 1 unspecified atom stereocenters. The number of para-hydroxylation sites is 1. The lowest BCUT2D eigenvalue weighted by Gasteiger charge is -2.20. The standard InChI is InChI=1S/C17H27N3O/c1-4-13(5-2)17(21)12-18-11-15-14-9-7-8-10-16(14)20(6-3)19-15/h7-10,13,17-18,21H,4-6,11-12H2,1-3H3. The first-order valence-corrected chi connectivity index (χ1v) is 8.04. The largest absolute Gasteiger partial charge is 0.392 e. The van der Waals surface area contributed by atoms with Crippen molar-refractivity contribution in [2.24, 2.45) is 5.92 Å². The van der Waals surface area contributed by atoms with Crippen LogP contribution in [0.3, 0.4) is 0 Å². The van der Waals surface area contributed by atoms with E-state index >= 15 is 0 Å². The van der Waals surface area contributed by atoms with Crippen LogP contribution in [-0.4, -0.2) is 27.5 Å². The molecule has 0 aliphatic rings. The van der Waals surface area contributed by atoms with Crippen LogP contribution in [0.15, 0.2) is 24.3 Å². The van der Waals surface area contributed by atoms with Crippen LogP contribution in [0.25, 0.3) is 10.9 Å². The second-order valence-electron chi connectivity index (χ2n) is 5.55. The first-order chi connectivity index (χ1) is 10.2. The molecule has 2 aromatic rings. The van der Waals surface area contributed by atoms with Gasteiger partial charge in [0.1, 0.15) is 0 Å². The Morgan fingerprint density at radius 1 is 1.19 bits per heavy atom. The fraction of sp³-hybridized carbons (Fsp3) is 0.588. The van der Waals surface area contributed by atoms with E-state index in [2.05, 4.69) is 43.3 Å². The number of aliphatic hydroxyl groups is 1. The summed E-state index contributed by atoms with van der Waals surface area (Å²) in [6.07, 6.45) is 1.76. The second-order valence-corrected chi connectivity index (χ2v) is 5.55. The van der Waals surface area contributed by atoms with E-state index in [4.69, 9.17) is 0 Å². The van der Waals surface area contributed by atoms with Crippen LogP contribution in [0.5, 0.6) is 0 Å². The number of aromatic nitrogens is 2. The van der Waals surface area contributed by atoms with Crippen molar-refractivity contribution in [2.45, 2.75) is 52.8 Å².